The SMILES string of the molecule is CN(CCC1CCOCC1)c1nc2c(c(NC3(C)CC3)n1)[S@](=O)CC2. The Hall–Kier alpha value is -1.21. The molecule has 0 bridgehead atoms. The first-order chi connectivity index (χ1) is 12.0. The number of anilines is 2. The molecular weight excluding hydrogens is 336 g/mol. The molecule has 7 heteroatoms. The van der Waals surface area contributed by atoms with Crippen LogP contribution < -0.4 is 10.2 Å². The molecule has 2 aliphatic heterocycles. The zero-order chi connectivity index (χ0) is 17.4. The van der Waals surface area contributed by atoms with E-state index >= 15 is 0 Å². The summed E-state index contributed by atoms with van der Waals surface area (Å²) in [7, 11) is 1.10. The molecule has 138 valence electrons. The lowest BCUT2D eigenvalue weighted by atomic mass is 9.96. The van der Waals surface area contributed by atoms with Crippen LogP contribution >= 0.6 is 0 Å². The van der Waals surface area contributed by atoms with Crippen molar-refractivity contribution in [1.82, 2.24) is 9.97 Å². The molecule has 0 radical (unpaired) electrons. The molecule has 6 nitrogen and oxygen atoms in total. The third-order valence-corrected chi connectivity index (χ3v) is 7.11. The number of nitrogens with one attached hydrogen (secondary N) is 1. The van der Waals surface area contributed by atoms with Gasteiger partial charge < -0.3 is 15.0 Å². The van der Waals surface area contributed by atoms with Gasteiger partial charge in [-0.25, -0.2) is 4.98 Å². The van der Waals surface area contributed by atoms with E-state index in [0.717, 1.165) is 86.6 Å². The van der Waals surface area contributed by atoms with E-state index in [1.54, 1.807) is 0 Å². The van der Waals surface area contributed by atoms with Crippen LogP contribution in [0.4, 0.5) is 11.8 Å². The number of nitrogens with zero attached hydrogens (tertiary/aromatic N) is 3. The number of ether oxygens (including phenoxy) is 1. The van der Waals surface area contributed by atoms with Gasteiger partial charge in [0.2, 0.25) is 5.95 Å². The monoisotopic (exact) mass is 364 g/mol. The molecule has 25 heavy (non-hydrogen) atoms. The van der Waals surface area contributed by atoms with Crippen molar-refractivity contribution in [3.63, 3.8) is 0 Å². The third kappa shape index (κ3) is 3.82. The maximum Gasteiger partial charge on any atom is 0.227 e. The highest BCUT2D eigenvalue weighted by Crippen LogP contribution is 2.40. The molecule has 0 spiro atoms. The molecule has 1 atom stereocenters. The second-order valence-corrected chi connectivity index (χ2v) is 9.41. The lowest BCUT2D eigenvalue weighted by molar-refractivity contribution is 0.0645. The molecule has 1 aromatic rings. The fourth-order valence-corrected chi connectivity index (χ4v) is 4.85. The van der Waals surface area contributed by atoms with Gasteiger partial charge in [-0.2, -0.15) is 4.98 Å². The van der Waals surface area contributed by atoms with Gasteiger partial charge in [-0.05, 0) is 44.9 Å². The van der Waals surface area contributed by atoms with Crippen molar-refractivity contribution in [2.45, 2.75) is 55.9 Å². The van der Waals surface area contributed by atoms with Crippen molar-refractivity contribution in [3.05, 3.63) is 5.69 Å². The summed E-state index contributed by atoms with van der Waals surface area (Å²) >= 11 is 0. The molecule has 1 N–H and O–H groups in total. The van der Waals surface area contributed by atoms with Gasteiger partial charge in [0.05, 0.1) is 16.5 Å². The van der Waals surface area contributed by atoms with Gasteiger partial charge in [0.15, 0.2) is 0 Å². The van der Waals surface area contributed by atoms with E-state index < -0.39 is 10.8 Å². The largest absolute Gasteiger partial charge is 0.381 e. The molecule has 0 amide bonds. The fraction of sp³-hybridized carbons (Fsp3) is 0.778. The summed E-state index contributed by atoms with van der Waals surface area (Å²) in [6.07, 6.45) is 6.54. The van der Waals surface area contributed by atoms with Crippen molar-refractivity contribution < 1.29 is 8.95 Å². The van der Waals surface area contributed by atoms with E-state index in [1.165, 1.54) is 0 Å². The number of hydrogen-bond donors (Lipinski definition) is 1. The fourth-order valence-electron chi connectivity index (χ4n) is 3.55. The van der Waals surface area contributed by atoms with Crippen molar-refractivity contribution in [2.75, 3.05) is 42.8 Å². The average molecular weight is 365 g/mol. The number of aryl methyl sites for hydroxylation is 1. The summed E-state index contributed by atoms with van der Waals surface area (Å²) in [5.74, 6) is 2.97. The summed E-state index contributed by atoms with van der Waals surface area (Å²) in [6, 6.07) is 0. The minimum absolute atomic E-state index is 0.118. The first-order valence-electron chi connectivity index (χ1n) is 9.40. The van der Waals surface area contributed by atoms with Crippen LogP contribution in [-0.4, -0.2) is 52.3 Å². The number of aromatic nitrogens is 2. The molecule has 3 heterocycles. The number of hydrogen-bond acceptors (Lipinski definition) is 6. The van der Waals surface area contributed by atoms with Gasteiger partial charge >= 0.3 is 0 Å². The highest BCUT2D eigenvalue weighted by molar-refractivity contribution is 7.85. The van der Waals surface area contributed by atoms with E-state index in [0.29, 0.717) is 5.75 Å². The topological polar surface area (TPSA) is 67.3 Å². The Morgan fingerprint density at radius 3 is 2.80 bits per heavy atom. The summed E-state index contributed by atoms with van der Waals surface area (Å²) in [5, 5.41) is 3.54. The Morgan fingerprint density at radius 1 is 1.32 bits per heavy atom. The van der Waals surface area contributed by atoms with Crippen LogP contribution in [0.3, 0.4) is 0 Å². The Labute approximate surface area is 152 Å². The van der Waals surface area contributed by atoms with Gasteiger partial charge in [-0.1, -0.05) is 0 Å². The van der Waals surface area contributed by atoms with Crippen molar-refractivity contribution in [2.24, 2.45) is 5.92 Å². The van der Waals surface area contributed by atoms with Gasteiger partial charge in [0.25, 0.3) is 0 Å². The minimum Gasteiger partial charge on any atom is -0.381 e. The van der Waals surface area contributed by atoms with Gasteiger partial charge in [0, 0.05) is 44.5 Å². The van der Waals surface area contributed by atoms with Crippen LogP contribution in [0.2, 0.25) is 0 Å². The van der Waals surface area contributed by atoms with Gasteiger partial charge in [-0.3, -0.25) is 4.21 Å². The maximum absolute atomic E-state index is 12.4. The van der Waals surface area contributed by atoms with Crippen molar-refractivity contribution in [1.29, 1.82) is 0 Å². The minimum atomic E-state index is -0.965. The zero-order valence-corrected chi connectivity index (χ0v) is 16.0. The van der Waals surface area contributed by atoms with E-state index in [-0.39, 0.29) is 5.54 Å². The van der Waals surface area contributed by atoms with E-state index in [9.17, 15) is 4.21 Å². The summed E-state index contributed by atoms with van der Waals surface area (Å²) in [4.78, 5) is 12.5. The van der Waals surface area contributed by atoms with E-state index in [1.807, 2.05) is 0 Å². The van der Waals surface area contributed by atoms with Crippen molar-refractivity contribution in [3.8, 4) is 0 Å². The van der Waals surface area contributed by atoms with Crippen LogP contribution in [0, 0.1) is 5.92 Å². The molecule has 3 aliphatic rings. The van der Waals surface area contributed by atoms with Crippen LogP contribution in [0.5, 0.6) is 0 Å². The quantitative estimate of drug-likeness (QED) is 0.836. The lowest BCUT2D eigenvalue weighted by Crippen LogP contribution is -2.27. The smallest absolute Gasteiger partial charge is 0.227 e. The predicted octanol–water partition coefficient (Wildman–Crippen LogP) is 2.36. The highest BCUT2D eigenvalue weighted by Gasteiger charge is 2.39. The number of rotatable bonds is 6. The molecule has 0 unspecified atom stereocenters. The normalized spacial score (nSPS) is 24.8. The summed E-state index contributed by atoms with van der Waals surface area (Å²) in [6.45, 7) is 4.93. The first-order valence-corrected chi connectivity index (χ1v) is 10.7. The molecule has 0 aromatic carbocycles. The molecule has 2 fully saturated rings. The van der Waals surface area contributed by atoms with Crippen LogP contribution in [0.25, 0.3) is 0 Å². The molecule has 1 aromatic heterocycles. The Kier molecular flexibility index (Phi) is 4.71. The van der Waals surface area contributed by atoms with Gasteiger partial charge in [-0.15, -0.1) is 0 Å². The Bertz CT molecular complexity index is 671. The third-order valence-electron chi connectivity index (χ3n) is 5.65. The standard InChI is InChI=1S/C18H28N4O2S/c1-18(7-8-18)21-16-15-14(6-12-25(15)23)19-17(20-16)22(2)9-3-13-4-10-24-11-5-13/h13H,3-12H2,1-2H3,(H,19,20,21)/t25-/m1/s1. The lowest BCUT2D eigenvalue weighted by Gasteiger charge is -2.25. The molecule has 4 rings (SSSR count). The Morgan fingerprint density at radius 2 is 2.08 bits per heavy atom. The van der Waals surface area contributed by atoms with E-state index in [4.69, 9.17) is 14.7 Å². The van der Waals surface area contributed by atoms with Crippen LogP contribution in [-0.2, 0) is 22.0 Å². The second kappa shape index (κ2) is 6.83. The first kappa shape index (κ1) is 17.2. The molecule has 1 aliphatic carbocycles. The predicted molar refractivity (Wildman–Crippen MR) is 99.7 cm³/mol. The Balaban J connectivity index is 1.50. The maximum atomic E-state index is 12.4. The summed E-state index contributed by atoms with van der Waals surface area (Å²) < 4.78 is 17.8. The summed E-state index contributed by atoms with van der Waals surface area (Å²) in [5.41, 5.74) is 1.08. The zero-order valence-electron chi connectivity index (χ0n) is 15.2. The van der Waals surface area contributed by atoms with E-state index in [2.05, 4.69) is 24.2 Å². The molecular formula is C18H28N4O2S. The number of fused-ring (bicyclic) bond motifs is 1. The average Bonchev–Trinajstić information content (AvgIpc) is 3.22. The molecule has 1 saturated carbocycles. The van der Waals surface area contributed by atoms with Gasteiger partial charge in [0.1, 0.15) is 10.7 Å². The second-order valence-electron chi connectivity index (χ2n) is 7.90. The highest BCUT2D eigenvalue weighted by atomic mass is 32.2. The van der Waals surface area contributed by atoms with Crippen LogP contribution in [0.15, 0.2) is 4.90 Å². The molecule has 1 saturated heterocycles. The van der Waals surface area contributed by atoms with Crippen LogP contribution in [0.1, 0.15) is 44.7 Å². The van der Waals surface area contributed by atoms with Crippen molar-refractivity contribution >= 4 is 22.6 Å².